The third-order valence-electron chi connectivity index (χ3n) is 3.57. The van der Waals surface area contributed by atoms with Crippen LogP contribution < -0.4 is 5.32 Å². The Hall–Kier alpha value is -0.600. The van der Waals surface area contributed by atoms with Gasteiger partial charge in [0.1, 0.15) is 0 Å². The number of nitrogens with one attached hydrogen (secondary N) is 1. The van der Waals surface area contributed by atoms with E-state index in [9.17, 15) is 0 Å². The zero-order valence-electron chi connectivity index (χ0n) is 11.2. The molecule has 1 aliphatic carbocycles. The highest BCUT2D eigenvalue weighted by molar-refractivity contribution is 7.12. The van der Waals surface area contributed by atoms with E-state index in [1.807, 2.05) is 11.3 Å². The maximum atomic E-state index is 3.65. The second-order valence-corrected chi connectivity index (χ2v) is 6.19. The van der Waals surface area contributed by atoms with Crippen molar-refractivity contribution in [2.45, 2.75) is 52.5 Å². The van der Waals surface area contributed by atoms with Gasteiger partial charge in [-0.3, -0.25) is 0 Å². The molecule has 0 bridgehead atoms. The van der Waals surface area contributed by atoms with E-state index in [4.69, 9.17) is 0 Å². The van der Waals surface area contributed by atoms with Crippen LogP contribution in [-0.4, -0.2) is 6.54 Å². The van der Waals surface area contributed by atoms with Gasteiger partial charge in [-0.2, -0.15) is 0 Å². The average Bonchev–Trinajstić information content (AvgIpc) is 2.67. The van der Waals surface area contributed by atoms with E-state index in [0.29, 0.717) is 6.04 Å². The van der Waals surface area contributed by atoms with Crippen LogP contribution in [0.3, 0.4) is 0 Å². The van der Waals surface area contributed by atoms with Crippen LogP contribution in [0.4, 0.5) is 0 Å². The summed E-state index contributed by atoms with van der Waals surface area (Å²) in [5, 5.41) is 3.65. The Kier molecular flexibility index (Phi) is 4.41. The lowest BCUT2D eigenvalue weighted by Crippen LogP contribution is -2.22. The molecule has 0 aromatic carbocycles. The predicted octanol–water partition coefficient (Wildman–Crippen LogP) is 4.52. The van der Waals surface area contributed by atoms with Crippen LogP contribution in [-0.2, 0) is 0 Å². The van der Waals surface area contributed by atoms with E-state index in [0.717, 1.165) is 6.54 Å². The Morgan fingerprint density at radius 2 is 2.18 bits per heavy atom. The Bertz CT molecular complexity index is 384. The molecule has 1 atom stereocenters. The minimum atomic E-state index is 0.470. The fraction of sp³-hybridized carbons (Fsp3) is 0.600. The van der Waals surface area contributed by atoms with Crippen molar-refractivity contribution >= 4 is 11.3 Å². The highest BCUT2D eigenvalue weighted by atomic mass is 32.1. The first-order valence-electron chi connectivity index (χ1n) is 6.71. The van der Waals surface area contributed by atoms with Crippen LogP contribution in [0.15, 0.2) is 17.7 Å². The number of likely N-dealkylation sites (N-methyl/N-ethyl adjacent to an activating group) is 1. The topological polar surface area (TPSA) is 12.0 Å². The van der Waals surface area contributed by atoms with Crippen molar-refractivity contribution in [3.63, 3.8) is 0 Å². The first kappa shape index (κ1) is 12.8. The van der Waals surface area contributed by atoms with Crippen LogP contribution in [0.25, 0.3) is 0 Å². The second kappa shape index (κ2) is 5.83. The summed E-state index contributed by atoms with van der Waals surface area (Å²) >= 11 is 1.95. The van der Waals surface area contributed by atoms with Gasteiger partial charge in [-0.1, -0.05) is 18.6 Å². The minimum absolute atomic E-state index is 0.470. The lowest BCUT2D eigenvalue weighted by Gasteiger charge is -2.23. The van der Waals surface area contributed by atoms with E-state index in [2.05, 4.69) is 38.2 Å². The van der Waals surface area contributed by atoms with Gasteiger partial charge in [0.05, 0.1) is 6.04 Å². The van der Waals surface area contributed by atoms with Gasteiger partial charge in [0.15, 0.2) is 0 Å². The Balaban J connectivity index is 2.24. The summed E-state index contributed by atoms with van der Waals surface area (Å²) < 4.78 is 0. The van der Waals surface area contributed by atoms with E-state index in [1.165, 1.54) is 41.0 Å². The van der Waals surface area contributed by atoms with Crippen molar-refractivity contribution in [1.82, 2.24) is 5.32 Å². The van der Waals surface area contributed by atoms with E-state index in [-0.39, 0.29) is 0 Å². The van der Waals surface area contributed by atoms with Crippen LogP contribution in [0.5, 0.6) is 0 Å². The molecule has 0 aliphatic heterocycles. The van der Waals surface area contributed by atoms with E-state index in [1.54, 1.807) is 5.57 Å². The SMILES string of the molecule is CCNC(C1=CCCCC1)c1cc(C)c(C)s1. The molecule has 1 aliphatic rings. The van der Waals surface area contributed by atoms with Gasteiger partial charge in [-0.25, -0.2) is 0 Å². The predicted molar refractivity (Wildman–Crippen MR) is 76.8 cm³/mol. The van der Waals surface area contributed by atoms with Gasteiger partial charge in [-0.15, -0.1) is 11.3 Å². The normalized spacial score (nSPS) is 17.9. The van der Waals surface area contributed by atoms with Gasteiger partial charge < -0.3 is 5.32 Å². The van der Waals surface area contributed by atoms with Gasteiger partial charge >= 0.3 is 0 Å². The zero-order chi connectivity index (χ0) is 12.3. The van der Waals surface area contributed by atoms with Crippen molar-refractivity contribution in [2.24, 2.45) is 0 Å². The van der Waals surface area contributed by atoms with Crippen molar-refractivity contribution < 1.29 is 0 Å². The average molecular weight is 249 g/mol. The van der Waals surface area contributed by atoms with Crippen molar-refractivity contribution in [1.29, 1.82) is 0 Å². The van der Waals surface area contributed by atoms with Crippen molar-refractivity contribution in [3.05, 3.63) is 33.0 Å². The fourth-order valence-corrected chi connectivity index (χ4v) is 3.65. The summed E-state index contributed by atoms with van der Waals surface area (Å²) in [6.45, 7) is 7.68. The summed E-state index contributed by atoms with van der Waals surface area (Å²) in [6, 6.07) is 2.83. The Labute approximate surface area is 109 Å². The fourth-order valence-electron chi connectivity index (χ4n) is 2.49. The molecule has 0 amide bonds. The maximum Gasteiger partial charge on any atom is 0.0630 e. The molecule has 1 aromatic rings. The molecule has 2 rings (SSSR count). The van der Waals surface area contributed by atoms with Crippen LogP contribution in [0.1, 0.15) is 54.0 Å². The number of thiophene rings is 1. The molecule has 0 radical (unpaired) electrons. The summed E-state index contributed by atoms with van der Waals surface area (Å²) in [5.74, 6) is 0. The molecule has 1 heterocycles. The van der Waals surface area contributed by atoms with Crippen LogP contribution in [0, 0.1) is 13.8 Å². The van der Waals surface area contributed by atoms with E-state index < -0.39 is 0 Å². The third-order valence-corrected chi connectivity index (χ3v) is 4.79. The monoisotopic (exact) mass is 249 g/mol. The number of hydrogen-bond donors (Lipinski definition) is 1. The maximum absolute atomic E-state index is 3.65. The smallest absolute Gasteiger partial charge is 0.0630 e. The molecule has 0 saturated heterocycles. The summed E-state index contributed by atoms with van der Waals surface area (Å²) in [6.07, 6.45) is 7.72. The highest BCUT2D eigenvalue weighted by Crippen LogP contribution is 2.34. The third kappa shape index (κ3) is 2.99. The highest BCUT2D eigenvalue weighted by Gasteiger charge is 2.19. The summed E-state index contributed by atoms with van der Waals surface area (Å²) in [7, 11) is 0. The zero-order valence-corrected chi connectivity index (χ0v) is 12.0. The Morgan fingerprint density at radius 1 is 1.35 bits per heavy atom. The molecule has 1 N–H and O–H groups in total. The first-order chi connectivity index (χ1) is 8.22. The largest absolute Gasteiger partial charge is 0.306 e. The molecule has 94 valence electrons. The molecule has 0 spiro atoms. The van der Waals surface area contributed by atoms with Crippen LogP contribution >= 0.6 is 11.3 Å². The molecule has 1 nitrogen and oxygen atoms in total. The van der Waals surface area contributed by atoms with Crippen LogP contribution in [0.2, 0.25) is 0 Å². The van der Waals surface area contributed by atoms with Gasteiger partial charge in [0.25, 0.3) is 0 Å². The molecule has 2 heteroatoms. The molecular formula is C15H23NS. The van der Waals surface area contributed by atoms with Gasteiger partial charge in [0, 0.05) is 9.75 Å². The second-order valence-electron chi connectivity index (χ2n) is 4.90. The summed E-state index contributed by atoms with van der Waals surface area (Å²) in [4.78, 5) is 2.95. The molecule has 0 saturated carbocycles. The van der Waals surface area contributed by atoms with Gasteiger partial charge in [-0.05, 0) is 57.7 Å². The first-order valence-corrected chi connectivity index (χ1v) is 7.53. The van der Waals surface area contributed by atoms with E-state index >= 15 is 0 Å². The standard InChI is InChI=1S/C15H23NS/c1-4-16-15(13-8-6-5-7-9-13)14-10-11(2)12(3)17-14/h8,10,15-16H,4-7,9H2,1-3H3. The lowest BCUT2D eigenvalue weighted by atomic mass is 9.93. The lowest BCUT2D eigenvalue weighted by molar-refractivity contribution is 0.570. The molecule has 0 fully saturated rings. The number of allylic oxidation sites excluding steroid dienone is 1. The van der Waals surface area contributed by atoms with Crippen molar-refractivity contribution in [2.75, 3.05) is 6.54 Å². The molecule has 1 unspecified atom stereocenters. The Morgan fingerprint density at radius 3 is 2.71 bits per heavy atom. The molecule has 17 heavy (non-hydrogen) atoms. The number of rotatable bonds is 4. The quantitative estimate of drug-likeness (QED) is 0.774. The van der Waals surface area contributed by atoms with Crippen molar-refractivity contribution in [3.8, 4) is 0 Å². The number of hydrogen-bond acceptors (Lipinski definition) is 2. The summed E-state index contributed by atoms with van der Waals surface area (Å²) in [5.41, 5.74) is 3.05. The molecular weight excluding hydrogens is 226 g/mol. The molecule has 1 aromatic heterocycles. The minimum Gasteiger partial charge on any atom is -0.306 e. The number of aryl methyl sites for hydroxylation is 2. The van der Waals surface area contributed by atoms with Gasteiger partial charge in [0.2, 0.25) is 0 Å².